The van der Waals surface area contributed by atoms with Gasteiger partial charge in [0.15, 0.2) is 0 Å². The van der Waals surface area contributed by atoms with Crippen LogP contribution in [0.1, 0.15) is 89.5 Å². The molecule has 0 bridgehead atoms. The molecule has 0 spiro atoms. The molecule has 0 unspecified atom stereocenters. The molecule has 2 amide bonds. The predicted molar refractivity (Wildman–Crippen MR) is 150 cm³/mol. The fourth-order valence-corrected chi connectivity index (χ4v) is 5.79. The first-order chi connectivity index (χ1) is 18.9. The summed E-state index contributed by atoms with van der Waals surface area (Å²) in [5, 5.41) is 2.99. The second-order valence-electron chi connectivity index (χ2n) is 11.0. The molecule has 1 aromatic rings. The largest absolute Gasteiger partial charge is 0.494 e. The van der Waals surface area contributed by atoms with Gasteiger partial charge < -0.3 is 19.3 Å². The molecule has 2 aliphatic carbocycles. The minimum atomic E-state index is -0.365. The molecule has 4 rings (SSSR count). The van der Waals surface area contributed by atoms with E-state index in [1.165, 1.54) is 25.7 Å². The molecule has 0 atom stereocenters. The third kappa shape index (κ3) is 8.19. The van der Waals surface area contributed by atoms with Gasteiger partial charge in [-0.05, 0) is 57.2 Å². The summed E-state index contributed by atoms with van der Waals surface area (Å²) >= 11 is 0. The Balaban J connectivity index is 1.35. The van der Waals surface area contributed by atoms with Crippen molar-refractivity contribution < 1.29 is 23.9 Å². The van der Waals surface area contributed by atoms with E-state index in [1.54, 1.807) is 11.8 Å². The lowest BCUT2D eigenvalue weighted by atomic mass is 9.89. The fraction of sp³-hybridized carbons (Fsp3) is 0.667. The highest BCUT2D eigenvalue weighted by Gasteiger charge is 2.28. The van der Waals surface area contributed by atoms with Crippen LogP contribution >= 0.6 is 0 Å². The molecule has 9 nitrogen and oxygen atoms in total. The average molecular weight is 541 g/mol. The number of aliphatic imine (C=N–C) groups is 1. The van der Waals surface area contributed by atoms with E-state index in [9.17, 15) is 14.4 Å². The van der Waals surface area contributed by atoms with Gasteiger partial charge in [0.25, 0.3) is 0 Å². The number of carbonyl (C=O) groups is 3. The molecule has 0 saturated heterocycles. The van der Waals surface area contributed by atoms with E-state index in [1.807, 2.05) is 30.1 Å². The van der Waals surface area contributed by atoms with Gasteiger partial charge in [0.1, 0.15) is 12.3 Å². The zero-order chi connectivity index (χ0) is 27.6. The maximum absolute atomic E-state index is 12.9. The van der Waals surface area contributed by atoms with Crippen LogP contribution in [0, 0.1) is 5.92 Å². The SMILES string of the molecule is CCOC(=O)CN1Cc2cc(OCCCC(=O)N(C)C3CCCCC3)ccc2N=C1NC(=O)C1CCCCC1. The molecular weight excluding hydrogens is 496 g/mol. The zero-order valence-corrected chi connectivity index (χ0v) is 23.6. The van der Waals surface area contributed by atoms with E-state index in [2.05, 4.69) is 5.32 Å². The summed E-state index contributed by atoms with van der Waals surface area (Å²) in [6.07, 6.45) is 12.1. The highest BCUT2D eigenvalue weighted by Crippen LogP contribution is 2.30. The van der Waals surface area contributed by atoms with Crippen LogP contribution in [0.15, 0.2) is 23.2 Å². The van der Waals surface area contributed by atoms with Gasteiger partial charge in [-0.1, -0.05) is 38.5 Å². The summed E-state index contributed by atoms with van der Waals surface area (Å²) in [7, 11) is 1.93. The van der Waals surface area contributed by atoms with Gasteiger partial charge in [-0.15, -0.1) is 0 Å². The molecule has 39 heavy (non-hydrogen) atoms. The monoisotopic (exact) mass is 540 g/mol. The molecule has 1 aliphatic heterocycles. The lowest BCUT2D eigenvalue weighted by Gasteiger charge is -2.31. The average Bonchev–Trinajstić information content (AvgIpc) is 2.96. The number of carbonyl (C=O) groups excluding carboxylic acids is 3. The van der Waals surface area contributed by atoms with Gasteiger partial charge in [0.05, 0.1) is 18.9 Å². The van der Waals surface area contributed by atoms with Gasteiger partial charge in [0.2, 0.25) is 17.8 Å². The van der Waals surface area contributed by atoms with Crippen LogP contribution in [0.3, 0.4) is 0 Å². The van der Waals surface area contributed by atoms with Crippen molar-refractivity contribution in [1.82, 2.24) is 15.1 Å². The molecule has 2 fully saturated rings. The maximum atomic E-state index is 12.9. The summed E-state index contributed by atoms with van der Waals surface area (Å²) in [5.41, 5.74) is 1.64. The number of nitrogens with one attached hydrogen (secondary N) is 1. The van der Waals surface area contributed by atoms with Crippen LogP contribution < -0.4 is 10.1 Å². The quantitative estimate of drug-likeness (QED) is 0.341. The van der Waals surface area contributed by atoms with Crippen LogP contribution in [0.4, 0.5) is 5.69 Å². The number of amides is 2. The van der Waals surface area contributed by atoms with E-state index in [0.717, 1.165) is 49.8 Å². The second-order valence-corrected chi connectivity index (χ2v) is 11.0. The van der Waals surface area contributed by atoms with Gasteiger partial charge in [0, 0.05) is 37.5 Å². The Morgan fingerprint density at radius 1 is 1.05 bits per heavy atom. The third-order valence-electron chi connectivity index (χ3n) is 8.09. The van der Waals surface area contributed by atoms with E-state index >= 15 is 0 Å². The highest BCUT2D eigenvalue weighted by molar-refractivity contribution is 6.00. The molecule has 9 heteroatoms. The Morgan fingerprint density at radius 3 is 2.49 bits per heavy atom. The Labute approximate surface area is 232 Å². The van der Waals surface area contributed by atoms with Crippen LogP contribution in [-0.4, -0.2) is 66.4 Å². The van der Waals surface area contributed by atoms with E-state index in [0.29, 0.717) is 50.4 Å². The first-order valence-corrected chi connectivity index (χ1v) is 14.8. The van der Waals surface area contributed by atoms with Crippen molar-refractivity contribution in [2.75, 3.05) is 26.8 Å². The first kappa shape index (κ1) is 28.9. The van der Waals surface area contributed by atoms with Gasteiger partial charge in [-0.3, -0.25) is 19.7 Å². The molecule has 2 saturated carbocycles. The minimum absolute atomic E-state index is 0.00122. The maximum Gasteiger partial charge on any atom is 0.325 e. The summed E-state index contributed by atoms with van der Waals surface area (Å²) < 4.78 is 11.1. The van der Waals surface area contributed by atoms with E-state index < -0.39 is 0 Å². The summed E-state index contributed by atoms with van der Waals surface area (Å²) in [6, 6.07) is 6.04. The van der Waals surface area contributed by atoms with Gasteiger partial charge in [-0.2, -0.15) is 0 Å². The van der Waals surface area contributed by atoms with E-state index in [4.69, 9.17) is 14.5 Å². The van der Waals surface area contributed by atoms with Crippen LogP contribution in [0.2, 0.25) is 0 Å². The molecule has 214 valence electrons. The third-order valence-corrected chi connectivity index (χ3v) is 8.09. The summed E-state index contributed by atoms with van der Waals surface area (Å²) in [5.74, 6) is 0.855. The summed E-state index contributed by atoms with van der Waals surface area (Å²) in [6.45, 7) is 2.91. The number of guanidine groups is 1. The molecule has 0 radical (unpaired) electrons. The number of fused-ring (bicyclic) bond motifs is 1. The topological polar surface area (TPSA) is 101 Å². The normalized spacial score (nSPS) is 18.1. The molecular formula is C30H44N4O5. The number of nitrogens with zero attached hydrogens (tertiary/aromatic N) is 3. The van der Waals surface area contributed by atoms with Crippen LogP contribution in [0.5, 0.6) is 5.75 Å². The predicted octanol–water partition coefficient (Wildman–Crippen LogP) is 4.70. The van der Waals surface area contributed by atoms with Crippen molar-refractivity contribution >= 4 is 29.4 Å². The molecule has 3 aliphatic rings. The molecule has 1 aromatic carbocycles. The van der Waals surface area contributed by atoms with Gasteiger partial charge >= 0.3 is 5.97 Å². The number of hydrogen-bond donors (Lipinski definition) is 1. The number of rotatable bonds is 10. The van der Waals surface area contributed by atoms with Crippen molar-refractivity contribution in [3.8, 4) is 5.75 Å². The number of esters is 1. The first-order valence-electron chi connectivity index (χ1n) is 14.8. The lowest BCUT2D eigenvalue weighted by Crippen LogP contribution is -2.49. The standard InChI is InChI=1S/C30H44N4O5/c1-3-38-28(36)21-34-20-23-19-25(39-18-10-15-27(35)33(2)24-13-8-5-9-14-24)16-17-26(23)31-30(34)32-29(37)22-11-6-4-7-12-22/h16-17,19,22,24H,3-15,18,20-21H2,1-2H3,(H,31,32,37). The molecule has 1 heterocycles. The number of benzene rings is 1. The van der Waals surface area contributed by atoms with Crippen LogP contribution in [0.25, 0.3) is 0 Å². The zero-order valence-electron chi connectivity index (χ0n) is 23.6. The summed E-state index contributed by atoms with van der Waals surface area (Å²) in [4.78, 5) is 46.2. The number of hydrogen-bond acceptors (Lipinski definition) is 7. The van der Waals surface area contributed by atoms with Crippen molar-refractivity contribution in [1.29, 1.82) is 0 Å². The smallest absolute Gasteiger partial charge is 0.325 e. The second kappa shape index (κ2) is 14.3. The molecule has 0 aromatic heterocycles. The fourth-order valence-electron chi connectivity index (χ4n) is 5.79. The lowest BCUT2D eigenvalue weighted by molar-refractivity contribution is -0.143. The van der Waals surface area contributed by atoms with E-state index in [-0.39, 0.29) is 30.2 Å². The van der Waals surface area contributed by atoms with Crippen molar-refractivity contribution in [2.45, 2.75) is 96.6 Å². The van der Waals surface area contributed by atoms with Crippen LogP contribution in [-0.2, 0) is 25.7 Å². The Bertz CT molecular complexity index is 1030. The van der Waals surface area contributed by atoms with Crippen molar-refractivity contribution in [2.24, 2.45) is 10.9 Å². The Morgan fingerprint density at radius 2 is 1.77 bits per heavy atom. The van der Waals surface area contributed by atoms with Crippen molar-refractivity contribution in [3.05, 3.63) is 23.8 Å². The number of ether oxygens (including phenoxy) is 2. The Hall–Kier alpha value is -3.10. The molecule has 1 N–H and O–H groups in total. The van der Waals surface area contributed by atoms with Crippen molar-refractivity contribution in [3.63, 3.8) is 0 Å². The van der Waals surface area contributed by atoms with Gasteiger partial charge in [-0.25, -0.2) is 4.99 Å². The Kier molecular flexibility index (Phi) is 10.6. The highest BCUT2D eigenvalue weighted by atomic mass is 16.5. The minimum Gasteiger partial charge on any atom is -0.494 e.